The van der Waals surface area contributed by atoms with Crippen molar-refractivity contribution in [2.24, 2.45) is 0 Å². The molecule has 0 unspecified atom stereocenters. The maximum atomic E-state index is 9.06. The summed E-state index contributed by atoms with van der Waals surface area (Å²) in [6, 6.07) is 1.77. The van der Waals surface area contributed by atoms with Crippen molar-refractivity contribution in [1.29, 1.82) is 0 Å². The molecule has 8 nitrogen and oxygen atoms in total. The van der Waals surface area contributed by atoms with Crippen molar-refractivity contribution in [3.05, 3.63) is 33.0 Å². The molecule has 10 heteroatoms. The summed E-state index contributed by atoms with van der Waals surface area (Å²) in [7, 11) is 4.55. The van der Waals surface area contributed by atoms with Crippen molar-refractivity contribution in [2.75, 3.05) is 33.7 Å². The second-order valence-electron chi connectivity index (χ2n) is 5.82. The Kier molecular flexibility index (Phi) is 6.37. The van der Waals surface area contributed by atoms with Crippen LogP contribution >= 0.6 is 27.5 Å². The van der Waals surface area contributed by atoms with E-state index in [4.69, 9.17) is 36.7 Å². The van der Waals surface area contributed by atoms with Crippen LogP contribution in [0.3, 0.4) is 0 Å². The minimum Gasteiger partial charge on any atom is -0.493 e. The number of aliphatic hydroxyl groups excluding tert-OH is 1. The normalized spacial score (nSPS) is 10.6. The quantitative estimate of drug-likeness (QED) is 0.426. The summed E-state index contributed by atoms with van der Waals surface area (Å²) in [5, 5.41) is 10.1. The predicted molar refractivity (Wildman–Crippen MR) is 114 cm³/mol. The van der Waals surface area contributed by atoms with Crippen LogP contribution in [0.2, 0.25) is 5.02 Å². The molecule has 1 aromatic carbocycles. The molecular formula is C19H18BrClN4O4. The van der Waals surface area contributed by atoms with Gasteiger partial charge in [-0.05, 0) is 27.6 Å². The van der Waals surface area contributed by atoms with Gasteiger partial charge in [-0.15, -0.1) is 0 Å². The van der Waals surface area contributed by atoms with E-state index < -0.39 is 0 Å². The van der Waals surface area contributed by atoms with E-state index in [1.165, 1.54) is 21.3 Å². The lowest BCUT2D eigenvalue weighted by molar-refractivity contribution is 0.324. The number of nitrogens with two attached hydrogens (primary N) is 1. The van der Waals surface area contributed by atoms with Crippen LogP contribution in [0.15, 0.2) is 16.9 Å². The van der Waals surface area contributed by atoms with Crippen LogP contribution in [0.1, 0.15) is 11.1 Å². The first-order valence-corrected chi connectivity index (χ1v) is 9.51. The number of ether oxygens (including phenoxy) is 3. The molecule has 0 saturated carbocycles. The summed E-state index contributed by atoms with van der Waals surface area (Å²) in [5.41, 5.74) is 7.76. The molecule has 0 atom stereocenters. The number of aromatic nitrogens is 3. The zero-order chi connectivity index (χ0) is 21.1. The van der Waals surface area contributed by atoms with Crippen LogP contribution < -0.4 is 19.9 Å². The maximum absolute atomic E-state index is 9.06. The Hall–Kier alpha value is -2.67. The van der Waals surface area contributed by atoms with Crippen molar-refractivity contribution >= 4 is 44.5 Å². The van der Waals surface area contributed by atoms with E-state index in [1.807, 2.05) is 4.57 Å². The molecule has 152 valence electrons. The van der Waals surface area contributed by atoms with E-state index in [1.54, 1.807) is 12.3 Å². The number of fused-ring (bicyclic) bond motifs is 1. The molecule has 0 aliphatic rings. The van der Waals surface area contributed by atoms with Gasteiger partial charge in [0, 0.05) is 6.20 Å². The summed E-state index contributed by atoms with van der Waals surface area (Å²) >= 11 is 9.99. The topological polar surface area (TPSA) is 105 Å². The molecule has 0 aliphatic carbocycles. The van der Waals surface area contributed by atoms with Gasteiger partial charge < -0.3 is 29.6 Å². The Balaban J connectivity index is 2.21. The van der Waals surface area contributed by atoms with Crippen molar-refractivity contribution in [3.63, 3.8) is 0 Å². The van der Waals surface area contributed by atoms with Gasteiger partial charge >= 0.3 is 0 Å². The summed E-state index contributed by atoms with van der Waals surface area (Å²) in [4.78, 5) is 8.49. The SMILES string of the molecule is COc1cc(Cn2cc(C#CCO)c3c(Br)nc(N)nc32)c(Cl)c(OC)c1OC. The molecule has 0 amide bonds. The number of aliphatic hydroxyl groups is 1. The standard InChI is InChI=1S/C19H18BrClN4O4/c1-27-12-7-11(14(21)16(29-3)15(12)28-2)9-25-8-10(5-4-6-26)13-17(20)23-19(22)24-18(13)25/h7-8,26H,6,9H2,1-3H3,(H2,22,23,24). The molecule has 0 aliphatic heterocycles. The molecule has 0 saturated heterocycles. The van der Waals surface area contributed by atoms with E-state index in [0.29, 0.717) is 55.6 Å². The van der Waals surface area contributed by atoms with Crippen LogP contribution in [-0.2, 0) is 6.54 Å². The average molecular weight is 482 g/mol. The Morgan fingerprint density at radius 1 is 1.21 bits per heavy atom. The minimum atomic E-state index is -0.265. The van der Waals surface area contributed by atoms with E-state index in [9.17, 15) is 0 Å². The fraction of sp³-hybridized carbons (Fsp3) is 0.263. The number of halogens is 2. The molecule has 29 heavy (non-hydrogen) atoms. The van der Waals surface area contributed by atoms with E-state index in [-0.39, 0.29) is 12.6 Å². The zero-order valence-electron chi connectivity index (χ0n) is 15.9. The molecule has 2 aromatic heterocycles. The number of anilines is 1. The second-order valence-corrected chi connectivity index (χ2v) is 6.95. The highest BCUT2D eigenvalue weighted by atomic mass is 79.9. The number of methoxy groups -OCH3 is 3. The Morgan fingerprint density at radius 2 is 1.93 bits per heavy atom. The largest absolute Gasteiger partial charge is 0.493 e. The molecule has 0 bridgehead atoms. The predicted octanol–water partition coefficient (Wildman–Crippen LogP) is 2.85. The fourth-order valence-electron chi connectivity index (χ4n) is 2.98. The summed E-state index contributed by atoms with van der Waals surface area (Å²) in [6.07, 6.45) is 1.80. The van der Waals surface area contributed by atoms with Crippen molar-refractivity contribution in [1.82, 2.24) is 14.5 Å². The number of nitrogens with zero attached hydrogens (tertiary/aromatic N) is 3. The van der Waals surface area contributed by atoms with Crippen LogP contribution in [0.4, 0.5) is 5.95 Å². The first-order valence-electron chi connectivity index (χ1n) is 8.34. The molecular weight excluding hydrogens is 464 g/mol. The van der Waals surface area contributed by atoms with Crippen molar-refractivity contribution in [3.8, 4) is 29.1 Å². The van der Waals surface area contributed by atoms with Gasteiger partial charge in [0.25, 0.3) is 0 Å². The highest BCUT2D eigenvalue weighted by Gasteiger charge is 2.21. The van der Waals surface area contributed by atoms with Gasteiger partial charge in [0.15, 0.2) is 11.5 Å². The second kappa shape index (κ2) is 8.78. The number of nitrogen functional groups attached to an aromatic ring is 1. The van der Waals surface area contributed by atoms with Gasteiger partial charge in [-0.3, -0.25) is 0 Å². The molecule has 3 N–H and O–H groups in total. The summed E-state index contributed by atoms with van der Waals surface area (Å²) in [5.74, 6) is 6.92. The molecule has 3 rings (SSSR count). The zero-order valence-corrected chi connectivity index (χ0v) is 18.3. The van der Waals surface area contributed by atoms with Gasteiger partial charge in [0.05, 0.1) is 43.8 Å². The van der Waals surface area contributed by atoms with Gasteiger partial charge in [-0.25, -0.2) is 4.98 Å². The molecule has 0 spiro atoms. The van der Waals surface area contributed by atoms with Gasteiger partial charge in [0.1, 0.15) is 16.9 Å². The fourth-order valence-corrected chi connectivity index (χ4v) is 3.83. The smallest absolute Gasteiger partial charge is 0.223 e. The molecule has 0 fully saturated rings. The van der Waals surface area contributed by atoms with Crippen molar-refractivity contribution in [2.45, 2.75) is 6.54 Å². The van der Waals surface area contributed by atoms with E-state index in [0.717, 1.165) is 0 Å². The average Bonchev–Trinajstić information content (AvgIpc) is 3.04. The highest BCUT2D eigenvalue weighted by Crippen LogP contribution is 2.45. The van der Waals surface area contributed by atoms with Gasteiger partial charge in [-0.1, -0.05) is 23.4 Å². The molecule has 3 aromatic rings. The number of rotatable bonds is 5. The van der Waals surface area contributed by atoms with Crippen LogP contribution in [0, 0.1) is 11.8 Å². The van der Waals surface area contributed by atoms with Crippen LogP contribution in [0.5, 0.6) is 17.2 Å². The third kappa shape index (κ3) is 3.92. The monoisotopic (exact) mass is 480 g/mol. The van der Waals surface area contributed by atoms with Gasteiger partial charge in [-0.2, -0.15) is 4.98 Å². The lowest BCUT2D eigenvalue weighted by Gasteiger charge is -2.17. The minimum absolute atomic E-state index is 0.112. The molecule has 0 radical (unpaired) electrons. The summed E-state index contributed by atoms with van der Waals surface area (Å²) in [6.45, 7) is 0.0641. The number of hydrogen-bond donors (Lipinski definition) is 2. The van der Waals surface area contributed by atoms with Crippen LogP contribution in [-0.4, -0.2) is 47.6 Å². The maximum Gasteiger partial charge on any atom is 0.223 e. The Bertz CT molecular complexity index is 1140. The first-order chi connectivity index (χ1) is 13.9. The van der Waals surface area contributed by atoms with E-state index in [2.05, 4.69) is 37.7 Å². The number of benzene rings is 1. The van der Waals surface area contributed by atoms with Crippen molar-refractivity contribution < 1.29 is 19.3 Å². The highest BCUT2D eigenvalue weighted by molar-refractivity contribution is 9.10. The lowest BCUT2D eigenvalue weighted by Crippen LogP contribution is -2.05. The Morgan fingerprint density at radius 3 is 2.55 bits per heavy atom. The number of hydrogen-bond acceptors (Lipinski definition) is 7. The van der Waals surface area contributed by atoms with E-state index >= 15 is 0 Å². The summed E-state index contributed by atoms with van der Waals surface area (Å²) < 4.78 is 18.6. The Labute approximate surface area is 180 Å². The third-order valence-electron chi connectivity index (χ3n) is 4.18. The third-order valence-corrected chi connectivity index (χ3v) is 5.17. The van der Waals surface area contributed by atoms with Crippen LogP contribution in [0.25, 0.3) is 11.0 Å². The lowest BCUT2D eigenvalue weighted by atomic mass is 10.1. The van der Waals surface area contributed by atoms with Gasteiger partial charge in [0.2, 0.25) is 11.7 Å². The first kappa shape index (κ1) is 21.0. The molecule has 2 heterocycles.